The molecule has 1 unspecified atom stereocenters. The van der Waals surface area contributed by atoms with Crippen LogP contribution in [-0.4, -0.2) is 35.4 Å². The monoisotopic (exact) mass is 334 g/mol. The van der Waals surface area contributed by atoms with Crippen molar-refractivity contribution in [2.24, 2.45) is 0 Å². The average Bonchev–Trinajstić information content (AvgIpc) is 3.09. The lowest BCUT2D eigenvalue weighted by molar-refractivity contribution is 0.0853. The predicted octanol–water partition coefficient (Wildman–Crippen LogP) is 2.41. The van der Waals surface area contributed by atoms with Crippen LogP contribution in [0.1, 0.15) is 23.3 Å². The van der Waals surface area contributed by atoms with Gasteiger partial charge in [-0.05, 0) is 37.1 Å². The van der Waals surface area contributed by atoms with Gasteiger partial charge in [0, 0.05) is 19.2 Å². The number of benzene rings is 1. The lowest BCUT2D eigenvalue weighted by Crippen LogP contribution is -2.32. The van der Waals surface area contributed by atoms with E-state index in [1.807, 2.05) is 0 Å². The van der Waals surface area contributed by atoms with Gasteiger partial charge in [0.25, 0.3) is 5.91 Å². The molecule has 1 aliphatic heterocycles. The topological polar surface area (TPSA) is 76.1 Å². The van der Waals surface area contributed by atoms with Crippen LogP contribution in [0, 0.1) is 11.6 Å². The highest BCUT2D eigenvalue weighted by molar-refractivity contribution is 5.92. The Balaban J connectivity index is 1.59. The zero-order valence-electron chi connectivity index (χ0n) is 12.8. The third kappa shape index (κ3) is 4.02. The molecule has 1 saturated heterocycles. The third-order valence-corrected chi connectivity index (χ3v) is 3.61. The molecule has 8 heteroatoms. The molecule has 1 amide bonds. The summed E-state index contributed by atoms with van der Waals surface area (Å²) >= 11 is 0. The highest BCUT2D eigenvalue weighted by Gasteiger charge is 2.17. The van der Waals surface area contributed by atoms with Gasteiger partial charge in [0.15, 0.2) is 11.5 Å². The Bertz CT molecular complexity index is 719. The van der Waals surface area contributed by atoms with Crippen LogP contribution in [0.2, 0.25) is 0 Å². The quantitative estimate of drug-likeness (QED) is 0.878. The molecule has 1 aromatic heterocycles. The normalized spacial score (nSPS) is 16.8. The average molecular weight is 334 g/mol. The van der Waals surface area contributed by atoms with Gasteiger partial charge >= 0.3 is 0 Å². The van der Waals surface area contributed by atoms with Crippen LogP contribution < -0.4 is 10.6 Å². The van der Waals surface area contributed by atoms with Gasteiger partial charge in [-0.25, -0.2) is 8.78 Å². The molecular formula is C16H16F2N4O2. The van der Waals surface area contributed by atoms with Crippen molar-refractivity contribution in [3.8, 4) is 0 Å². The molecule has 126 valence electrons. The highest BCUT2D eigenvalue weighted by atomic mass is 19.1. The molecule has 2 N–H and O–H groups in total. The molecule has 1 atom stereocenters. The van der Waals surface area contributed by atoms with E-state index in [-0.39, 0.29) is 29.2 Å². The molecule has 0 spiro atoms. The minimum atomic E-state index is -0.741. The number of carbonyl (C=O) groups is 1. The fraction of sp³-hybridized carbons (Fsp3) is 0.312. The van der Waals surface area contributed by atoms with E-state index in [2.05, 4.69) is 20.8 Å². The standard InChI is InChI=1S/C16H16F2N4O2/c17-10-3-4-13(12(18)8-10)20-15-6-5-14(21-22-15)16(23)19-9-11-2-1-7-24-11/h3-6,8,11H,1-2,7,9H2,(H,19,23)(H,20,22). The Morgan fingerprint density at radius 2 is 2.12 bits per heavy atom. The van der Waals surface area contributed by atoms with Gasteiger partial charge in [-0.2, -0.15) is 0 Å². The first-order valence-corrected chi connectivity index (χ1v) is 7.57. The Hall–Kier alpha value is -2.61. The minimum absolute atomic E-state index is 0.0456. The number of ether oxygens (including phenoxy) is 1. The summed E-state index contributed by atoms with van der Waals surface area (Å²) in [4.78, 5) is 12.0. The largest absolute Gasteiger partial charge is 0.376 e. The summed E-state index contributed by atoms with van der Waals surface area (Å²) in [5, 5.41) is 13.0. The van der Waals surface area contributed by atoms with Crippen molar-refractivity contribution in [2.45, 2.75) is 18.9 Å². The van der Waals surface area contributed by atoms with E-state index in [9.17, 15) is 13.6 Å². The lowest BCUT2D eigenvalue weighted by atomic mass is 10.2. The van der Waals surface area contributed by atoms with Gasteiger partial charge in [-0.1, -0.05) is 0 Å². The molecule has 0 aliphatic carbocycles. The number of nitrogens with one attached hydrogen (secondary N) is 2. The predicted molar refractivity (Wildman–Crippen MR) is 83.0 cm³/mol. The van der Waals surface area contributed by atoms with Gasteiger partial charge in [-0.15, -0.1) is 10.2 Å². The number of halogens is 2. The van der Waals surface area contributed by atoms with Crippen LogP contribution in [0.3, 0.4) is 0 Å². The van der Waals surface area contributed by atoms with E-state index in [1.165, 1.54) is 18.2 Å². The van der Waals surface area contributed by atoms with E-state index in [1.54, 1.807) is 0 Å². The van der Waals surface area contributed by atoms with Crippen LogP contribution in [0.5, 0.6) is 0 Å². The number of amides is 1. The Labute approximate surface area is 137 Å². The third-order valence-electron chi connectivity index (χ3n) is 3.61. The van der Waals surface area contributed by atoms with E-state index >= 15 is 0 Å². The van der Waals surface area contributed by atoms with Crippen LogP contribution in [0.15, 0.2) is 30.3 Å². The fourth-order valence-electron chi connectivity index (χ4n) is 2.35. The van der Waals surface area contributed by atoms with Gasteiger partial charge in [0.2, 0.25) is 0 Å². The number of anilines is 2. The van der Waals surface area contributed by atoms with Crippen molar-refractivity contribution >= 4 is 17.4 Å². The lowest BCUT2D eigenvalue weighted by Gasteiger charge is -2.10. The molecule has 2 aromatic rings. The highest BCUT2D eigenvalue weighted by Crippen LogP contribution is 2.19. The molecule has 3 rings (SSSR count). The van der Waals surface area contributed by atoms with Gasteiger partial charge < -0.3 is 15.4 Å². The number of nitrogens with zero attached hydrogens (tertiary/aromatic N) is 2. The van der Waals surface area contributed by atoms with E-state index in [0.29, 0.717) is 6.54 Å². The van der Waals surface area contributed by atoms with Crippen LogP contribution in [0.4, 0.5) is 20.3 Å². The molecule has 1 aliphatic rings. The smallest absolute Gasteiger partial charge is 0.271 e. The van der Waals surface area contributed by atoms with Crippen LogP contribution >= 0.6 is 0 Å². The van der Waals surface area contributed by atoms with Gasteiger partial charge in [0.05, 0.1) is 11.8 Å². The first kappa shape index (κ1) is 16.3. The van der Waals surface area contributed by atoms with Crippen molar-refractivity contribution in [3.05, 3.63) is 47.7 Å². The second kappa shape index (κ2) is 7.31. The molecule has 2 heterocycles. The number of hydrogen-bond acceptors (Lipinski definition) is 5. The van der Waals surface area contributed by atoms with E-state index < -0.39 is 11.6 Å². The number of carbonyl (C=O) groups excluding carboxylic acids is 1. The fourth-order valence-corrected chi connectivity index (χ4v) is 2.35. The molecule has 0 radical (unpaired) electrons. The number of rotatable bonds is 5. The molecule has 0 saturated carbocycles. The first-order chi connectivity index (χ1) is 11.6. The Kier molecular flexibility index (Phi) is 4.95. The van der Waals surface area contributed by atoms with Crippen molar-refractivity contribution < 1.29 is 18.3 Å². The SMILES string of the molecule is O=C(NCC1CCCO1)c1ccc(Nc2ccc(F)cc2F)nn1. The summed E-state index contributed by atoms with van der Waals surface area (Å²) in [5.74, 6) is -1.51. The van der Waals surface area contributed by atoms with Gasteiger partial charge in [0.1, 0.15) is 11.6 Å². The summed E-state index contributed by atoms with van der Waals surface area (Å²) in [6.45, 7) is 1.15. The molecule has 1 fully saturated rings. The molecule has 0 bridgehead atoms. The maximum absolute atomic E-state index is 13.6. The molecule has 1 aromatic carbocycles. The Morgan fingerprint density at radius 3 is 2.79 bits per heavy atom. The summed E-state index contributed by atoms with van der Waals surface area (Å²) in [5.41, 5.74) is 0.222. The molecule has 6 nitrogen and oxygen atoms in total. The Morgan fingerprint density at radius 1 is 1.25 bits per heavy atom. The van der Waals surface area contributed by atoms with Crippen molar-refractivity contribution in [3.63, 3.8) is 0 Å². The second-order valence-electron chi connectivity index (χ2n) is 5.40. The summed E-state index contributed by atoms with van der Waals surface area (Å²) < 4.78 is 31.9. The minimum Gasteiger partial charge on any atom is -0.376 e. The summed E-state index contributed by atoms with van der Waals surface area (Å²) in [6.07, 6.45) is 1.97. The maximum Gasteiger partial charge on any atom is 0.271 e. The van der Waals surface area contributed by atoms with Crippen LogP contribution in [-0.2, 0) is 4.74 Å². The van der Waals surface area contributed by atoms with Crippen molar-refractivity contribution in [1.29, 1.82) is 0 Å². The van der Waals surface area contributed by atoms with Gasteiger partial charge in [-0.3, -0.25) is 4.79 Å². The van der Waals surface area contributed by atoms with Crippen molar-refractivity contribution in [1.82, 2.24) is 15.5 Å². The first-order valence-electron chi connectivity index (χ1n) is 7.57. The zero-order chi connectivity index (χ0) is 16.9. The molecule has 24 heavy (non-hydrogen) atoms. The molecular weight excluding hydrogens is 318 g/mol. The summed E-state index contributed by atoms with van der Waals surface area (Å²) in [7, 11) is 0. The number of aromatic nitrogens is 2. The van der Waals surface area contributed by atoms with E-state index in [0.717, 1.165) is 31.6 Å². The van der Waals surface area contributed by atoms with Crippen LogP contribution in [0.25, 0.3) is 0 Å². The summed E-state index contributed by atoms with van der Waals surface area (Å²) in [6, 6.07) is 6.13. The zero-order valence-corrected chi connectivity index (χ0v) is 12.8. The second-order valence-corrected chi connectivity index (χ2v) is 5.40. The maximum atomic E-state index is 13.6. The van der Waals surface area contributed by atoms with E-state index in [4.69, 9.17) is 4.74 Å². The van der Waals surface area contributed by atoms with Crippen molar-refractivity contribution in [2.75, 3.05) is 18.5 Å². The number of hydrogen-bond donors (Lipinski definition) is 2.